The Bertz CT molecular complexity index is 807. The third-order valence-corrected chi connectivity index (χ3v) is 10.2. The molecule has 8 atom stereocenters. The van der Waals surface area contributed by atoms with E-state index < -0.39 is 5.60 Å². The van der Waals surface area contributed by atoms with Crippen LogP contribution in [0.2, 0.25) is 0 Å². The van der Waals surface area contributed by atoms with E-state index in [1.165, 1.54) is 37.7 Å². The molecule has 3 nitrogen and oxygen atoms in total. The van der Waals surface area contributed by atoms with Crippen LogP contribution in [-0.4, -0.2) is 28.2 Å². The Hall–Kier alpha value is -1.19. The van der Waals surface area contributed by atoms with Crippen LogP contribution < -0.4 is 0 Å². The molecule has 0 bridgehead atoms. The van der Waals surface area contributed by atoms with Crippen molar-refractivity contribution >= 4 is 5.78 Å². The molecule has 4 rings (SSSR count). The minimum Gasteiger partial charge on any atom is -0.393 e. The highest BCUT2D eigenvalue weighted by atomic mass is 16.3. The van der Waals surface area contributed by atoms with E-state index in [0.717, 1.165) is 18.3 Å². The Balaban J connectivity index is 1.54. The van der Waals surface area contributed by atoms with Gasteiger partial charge in [0.05, 0.1) is 6.61 Å². The first-order valence-electron chi connectivity index (χ1n) is 12.5. The second kappa shape index (κ2) is 7.99. The maximum atomic E-state index is 12.0. The monoisotopic (exact) mass is 426 g/mol. The molecule has 0 aromatic rings. The average Bonchev–Trinajstić information content (AvgIpc) is 3.09. The number of carbonyl (C=O) groups excluding carboxylic acids is 1. The normalized spacial score (nSPS) is 42.7. The Labute approximate surface area is 188 Å². The van der Waals surface area contributed by atoms with Crippen LogP contribution in [0.15, 0.2) is 36.0 Å². The lowest BCUT2D eigenvalue weighted by atomic mass is 9.47. The van der Waals surface area contributed by atoms with E-state index in [1.54, 1.807) is 6.08 Å². The largest absolute Gasteiger partial charge is 0.393 e. The third-order valence-electron chi connectivity index (χ3n) is 10.2. The van der Waals surface area contributed by atoms with Crippen molar-refractivity contribution < 1.29 is 15.0 Å². The molecule has 3 fully saturated rings. The molecule has 0 radical (unpaired) electrons. The molecule has 4 aliphatic carbocycles. The number of fused-ring (bicyclic) bond motifs is 5. The minimum absolute atomic E-state index is 0.0102. The van der Waals surface area contributed by atoms with E-state index in [9.17, 15) is 15.0 Å². The summed E-state index contributed by atoms with van der Waals surface area (Å²) in [7, 11) is 0. The molecule has 3 saturated carbocycles. The smallest absolute Gasteiger partial charge is 0.178 e. The number of aliphatic hydroxyl groups excluding tert-OH is 1. The van der Waals surface area contributed by atoms with Gasteiger partial charge < -0.3 is 10.2 Å². The summed E-state index contributed by atoms with van der Waals surface area (Å²) in [5.41, 5.74) is 0.645. The second-order valence-electron chi connectivity index (χ2n) is 11.9. The summed E-state index contributed by atoms with van der Waals surface area (Å²) in [4.78, 5) is 12.0. The second-order valence-corrected chi connectivity index (χ2v) is 11.9. The van der Waals surface area contributed by atoms with Crippen LogP contribution in [0.25, 0.3) is 0 Å². The van der Waals surface area contributed by atoms with Crippen LogP contribution >= 0.6 is 0 Å². The highest BCUT2D eigenvalue weighted by Gasteiger charge is 2.58. The summed E-state index contributed by atoms with van der Waals surface area (Å²) in [5.74, 6) is 3.31. The van der Waals surface area contributed by atoms with Gasteiger partial charge in [-0.3, -0.25) is 4.79 Å². The Kier molecular flexibility index (Phi) is 5.92. The standard InChI is InChI=1S/C28H42O3/c1-18(2)28(31,17-29)15-10-19(3)23-8-9-24-22-7-6-20-16-21(30)11-13-26(20,4)25(22)12-14-27(23,24)5/h10-11,13,15-16,18-19,22-25,29,31H,6-9,12,14,17H2,1-5H3/b15-10+/t19-,22+,23-,24+,25+,26+,27-,28-/m1/s1. The number of aliphatic hydroxyl groups is 2. The molecular weight excluding hydrogens is 384 g/mol. The first kappa shape index (κ1) is 23.0. The van der Waals surface area contributed by atoms with Gasteiger partial charge in [-0.05, 0) is 91.6 Å². The zero-order valence-electron chi connectivity index (χ0n) is 20.1. The molecule has 0 aromatic carbocycles. The van der Waals surface area contributed by atoms with Crippen molar-refractivity contribution in [1.82, 2.24) is 0 Å². The van der Waals surface area contributed by atoms with Crippen molar-refractivity contribution in [2.24, 2.45) is 46.3 Å². The molecule has 172 valence electrons. The van der Waals surface area contributed by atoms with Gasteiger partial charge in [0.15, 0.2) is 5.78 Å². The van der Waals surface area contributed by atoms with Gasteiger partial charge in [-0.1, -0.05) is 58.4 Å². The van der Waals surface area contributed by atoms with Gasteiger partial charge in [0.1, 0.15) is 5.60 Å². The number of hydrogen-bond donors (Lipinski definition) is 2. The maximum absolute atomic E-state index is 12.0. The quantitative estimate of drug-likeness (QED) is 0.572. The van der Waals surface area contributed by atoms with Crippen LogP contribution in [0, 0.1) is 46.3 Å². The number of hydrogen-bond acceptors (Lipinski definition) is 3. The van der Waals surface area contributed by atoms with Gasteiger partial charge in [0, 0.05) is 5.41 Å². The fraction of sp³-hybridized carbons (Fsp3) is 0.750. The fourth-order valence-corrected chi connectivity index (χ4v) is 7.98. The molecule has 4 aliphatic rings. The van der Waals surface area contributed by atoms with Crippen molar-refractivity contribution in [3.8, 4) is 0 Å². The Morgan fingerprint density at radius 1 is 1.16 bits per heavy atom. The van der Waals surface area contributed by atoms with Gasteiger partial charge in [-0.25, -0.2) is 0 Å². The van der Waals surface area contributed by atoms with Crippen molar-refractivity contribution in [3.63, 3.8) is 0 Å². The highest BCUT2D eigenvalue weighted by Crippen LogP contribution is 2.67. The topological polar surface area (TPSA) is 57.5 Å². The summed E-state index contributed by atoms with van der Waals surface area (Å²) < 4.78 is 0. The molecule has 0 saturated heterocycles. The van der Waals surface area contributed by atoms with E-state index in [1.807, 2.05) is 26.0 Å². The first-order chi connectivity index (χ1) is 14.5. The van der Waals surface area contributed by atoms with E-state index in [-0.39, 0.29) is 23.7 Å². The average molecular weight is 427 g/mol. The molecule has 0 spiro atoms. The van der Waals surface area contributed by atoms with Gasteiger partial charge in [0.2, 0.25) is 0 Å². The SMILES string of the molecule is CC(C)[C@@](O)(/C=C/[C@@H](C)[C@H]1CC[C@H]2[C@@H]3CCC4=CC(=O)C=C[C@]4(C)[C@H]3CC[C@]12C)CO. The molecule has 2 N–H and O–H groups in total. The van der Waals surface area contributed by atoms with Crippen LogP contribution in [0.3, 0.4) is 0 Å². The van der Waals surface area contributed by atoms with Crippen LogP contribution in [-0.2, 0) is 4.79 Å². The molecule has 0 amide bonds. The third kappa shape index (κ3) is 3.60. The van der Waals surface area contributed by atoms with Crippen molar-refractivity contribution in [2.45, 2.75) is 78.7 Å². The van der Waals surface area contributed by atoms with Gasteiger partial charge in [0.25, 0.3) is 0 Å². The lowest BCUT2D eigenvalue weighted by Gasteiger charge is -2.57. The van der Waals surface area contributed by atoms with Crippen molar-refractivity contribution in [2.75, 3.05) is 6.61 Å². The molecule has 0 aromatic heterocycles. The fourth-order valence-electron chi connectivity index (χ4n) is 7.98. The van der Waals surface area contributed by atoms with Gasteiger partial charge in [-0.15, -0.1) is 0 Å². The summed E-state index contributed by atoms with van der Waals surface area (Å²) in [5, 5.41) is 20.4. The lowest BCUT2D eigenvalue weighted by molar-refractivity contribution is -0.111. The highest BCUT2D eigenvalue weighted by molar-refractivity contribution is 6.01. The first-order valence-corrected chi connectivity index (χ1v) is 12.5. The number of rotatable bonds is 5. The number of carbonyl (C=O) groups is 1. The molecule has 0 heterocycles. The zero-order valence-corrected chi connectivity index (χ0v) is 20.1. The van der Waals surface area contributed by atoms with Crippen molar-refractivity contribution in [3.05, 3.63) is 36.0 Å². The predicted octanol–water partition coefficient (Wildman–Crippen LogP) is 5.48. The Morgan fingerprint density at radius 2 is 1.90 bits per heavy atom. The summed E-state index contributed by atoms with van der Waals surface area (Å²) >= 11 is 0. The summed E-state index contributed by atoms with van der Waals surface area (Å²) in [6, 6.07) is 0. The summed E-state index contributed by atoms with van der Waals surface area (Å²) in [6.45, 7) is 10.9. The lowest BCUT2D eigenvalue weighted by Crippen LogP contribution is -2.50. The number of ketones is 1. The maximum Gasteiger partial charge on any atom is 0.178 e. The Morgan fingerprint density at radius 3 is 2.58 bits per heavy atom. The van der Waals surface area contributed by atoms with E-state index >= 15 is 0 Å². The van der Waals surface area contributed by atoms with E-state index in [0.29, 0.717) is 23.2 Å². The molecular formula is C28H42O3. The van der Waals surface area contributed by atoms with Crippen LogP contribution in [0.4, 0.5) is 0 Å². The number of allylic oxidation sites excluding steroid dienone is 5. The van der Waals surface area contributed by atoms with Crippen LogP contribution in [0.5, 0.6) is 0 Å². The molecule has 3 heteroatoms. The minimum atomic E-state index is -1.13. The van der Waals surface area contributed by atoms with Crippen LogP contribution in [0.1, 0.15) is 73.1 Å². The van der Waals surface area contributed by atoms with Crippen molar-refractivity contribution in [1.29, 1.82) is 0 Å². The van der Waals surface area contributed by atoms with E-state index in [4.69, 9.17) is 0 Å². The summed E-state index contributed by atoms with van der Waals surface area (Å²) in [6.07, 6.45) is 17.3. The van der Waals surface area contributed by atoms with E-state index in [2.05, 4.69) is 32.9 Å². The molecule has 0 unspecified atom stereocenters. The van der Waals surface area contributed by atoms with Gasteiger partial charge in [-0.2, -0.15) is 0 Å². The molecule has 0 aliphatic heterocycles. The predicted molar refractivity (Wildman–Crippen MR) is 125 cm³/mol. The zero-order chi connectivity index (χ0) is 22.6. The van der Waals surface area contributed by atoms with Gasteiger partial charge >= 0.3 is 0 Å². The molecule has 31 heavy (non-hydrogen) atoms.